The molecule has 3 aromatic rings. The second kappa shape index (κ2) is 8.17. The number of rotatable bonds is 4. The zero-order valence-corrected chi connectivity index (χ0v) is 17.4. The quantitative estimate of drug-likeness (QED) is 0.666. The van der Waals surface area contributed by atoms with Gasteiger partial charge in [-0.25, -0.2) is 9.97 Å². The second-order valence-corrected chi connectivity index (χ2v) is 7.72. The minimum absolute atomic E-state index is 0.574. The second-order valence-electron chi connectivity index (χ2n) is 7.29. The van der Waals surface area contributed by atoms with E-state index in [0.29, 0.717) is 11.5 Å². The van der Waals surface area contributed by atoms with E-state index in [0.717, 1.165) is 48.4 Å². The van der Waals surface area contributed by atoms with Gasteiger partial charge in [0.2, 0.25) is 0 Å². The number of nitrogens with two attached hydrogens (primary N) is 1. The minimum Gasteiger partial charge on any atom is -0.393 e. The Hall–Kier alpha value is -2.99. The molecule has 0 amide bonds. The summed E-state index contributed by atoms with van der Waals surface area (Å²) < 4.78 is 0. The van der Waals surface area contributed by atoms with Crippen LogP contribution in [0.5, 0.6) is 0 Å². The topological polar surface area (TPSA) is 70.3 Å². The van der Waals surface area contributed by atoms with E-state index in [1.807, 2.05) is 30.3 Å². The largest absolute Gasteiger partial charge is 0.393 e. The Bertz CT molecular complexity index is 1010. The van der Waals surface area contributed by atoms with Crippen LogP contribution < -0.4 is 20.9 Å². The van der Waals surface area contributed by atoms with Crippen molar-refractivity contribution in [3.05, 3.63) is 64.9 Å². The van der Waals surface area contributed by atoms with E-state index in [2.05, 4.69) is 51.1 Å². The van der Waals surface area contributed by atoms with Crippen LogP contribution in [-0.4, -0.2) is 36.1 Å². The first-order valence-electron chi connectivity index (χ1n) is 9.72. The molecular weight excluding hydrogens is 384 g/mol. The molecule has 1 saturated heterocycles. The third kappa shape index (κ3) is 4.07. The lowest BCUT2D eigenvalue weighted by atomic mass is 10.1. The van der Waals surface area contributed by atoms with Crippen LogP contribution in [0.3, 0.4) is 0 Å². The predicted octanol–water partition coefficient (Wildman–Crippen LogP) is 4.40. The number of anilines is 5. The van der Waals surface area contributed by atoms with Crippen molar-refractivity contribution < 1.29 is 0 Å². The Balaban J connectivity index is 1.50. The van der Waals surface area contributed by atoms with E-state index in [9.17, 15) is 0 Å². The number of piperazine rings is 1. The fourth-order valence-corrected chi connectivity index (χ4v) is 3.79. The standard InChI is InChI=1S/C22H25ClN6/c1-15-5-3-8-19(16(15)2)27-21-20(24)22(26-14-25-21)29-11-9-28(10-12-29)18-7-4-6-17(23)13-18/h3-8,13-14H,9-12,24H2,1-2H3,(H,25,26,27). The van der Waals surface area contributed by atoms with Gasteiger partial charge in [-0.15, -0.1) is 0 Å². The number of nitrogen functional groups attached to an aromatic ring is 1. The SMILES string of the molecule is Cc1cccc(Nc2ncnc(N3CCN(c4cccc(Cl)c4)CC3)c2N)c1C. The molecule has 3 N–H and O–H groups in total. The van der Waals surface area contributed by atoms with Crippen LogP contribution in [0.4, 0.5) is 28.7 Å². The molecule has 4 rings (SSSR count). The summed E-state index contributed by atoms with van der Waals surface area (Å²) in [5.41, 5.74) is 11.6. The van der Waals surface area contributed by atoms with Gasteiger partial charge in [0.15, 0.2) is 11.6 Å². The number of hydrogen-bond donors (Lipinski definition) is 2. The average Bonchev–Trinajstić information content (AvgIpc) is 2.73. The van der Waals surface area contributed by atoms with Gasteiger partial charge in [0.05, 0.1) is 0 Å². The summed E-state index contributed by atoms with van der Waals surface area (Å²) in [6.07, 6.45) is 1.57. The van der Waals surface area contributed by atoms with E-state index >= 15 is 0 Å². The van der Waals surface area contributed by atoms with Crippen LogP contribution in [0.1, 0.15) is 11.1 Å². The van der Waals surface area contributed by atoms with Gasteiger partial charge in [-0.2, -0.15) is 0 Å². The summed E-state index contributed by atoms with van der Waals surface area (Å²) in [6.45, 7) is 7.60. The van der Waals surface area contributed by atoms with Gasteiger partial charge < -0.3 is 20.9 Å². The minimum atomic E-state index is 0.574. The maximum atomic E-state index is 6.46. The Morgan fingerprint density at radius 1 is 0.966 bits per heavy atom. The molecule has 0 unspecified atom stereocenters. The summed E-state index contributed by atoms with van der Waals surface area (Å²) in [4.78, 5) is 13.4. The molecule has 0 radical (unpaired) electrons. The van der Waals surface area contributed by atoms with Crippen molar-refractivity contribution in [2.75, 3.05) is 47.0 Å². The third-order valence-corrected chi connectivity index (χ3v) is 5.71. The number of nitrogens with one attached hydrogen (secondary N) is 1. The van der Waals surface area contributed by atoms with Crippen molar-refractivity contribution in [1.29, 1.82) is 0 Å². The smallest absolute Gasteiger partial charge is 0.159 e. The van der Waals surface area contributed by atoms with Gasteiger partial charge in [-0.3, -0.25) is 0 Å². The van der Waals surface area contributed by atoms with Crippen molar-refractivity contribution in [1.82, 2.24) is 9.97 Å². The summed E-state index contributed by atoms with van der Waals surface area (Å²) >= 11 is 6.14. The fraction of sp³-hybridized carbons (Fsp3) is 0.273. The highest BCUT2D eigenvalue weighted by atomic mass is 35.5. The van der Waals surface area contributed by atoms with Crippen molar-refractivity contribution >= 4 is 40.3 Å². The van der Waals surface area contributed by atoms with E-state index in [1.165, 1.54) is 11.1 Å². The summed E-state index contributed by atoms with van der Waals surface area (Å²) in [5, 5.41) is 4.13. The van der Waals surface area contributed by atoms with Gasteiger partial charge in [0, 0.05) is 42.6 Å². The van der Waals surface area contributed by atoms with Crippen LogP contribution in [0, 0.1) is 13.8 Å². The zero-order chi connectivity index (χ0) is 20.4. The maximum Gasteiger partial charge on any atom is 0.159 e. The Labute approximate surface area is 176 Å². The molecule has 2 heterocycles. The normalized spacial score (nSPS) is 14.2. The third-order valence-electron chi connectivity index (χ3n) is 5.47. The van der Waals surface area contributed by atoms with E-state index in [4.69, 9.17) is 17.3 Å². The first kappa shape index (κ1) is 19.3. The lowest BCUT2D eigenvalue weighted by molar-refractivity contribution is 0.647. The van der Waals surface area contributed by atoms with Crippen LogP contribution in [0.15, 0.2) is 48.8 Å². The van der Waals surface area contributed by atoms with Crippen molar-refractivity contribution in [3.8, 4) is 0 Å². The highest BCUT2D eigenvalue weighted by molar-refractivity contribution is 6.30. The molecule has 7 heteroatoms. The molecule has 1 aliphatic rings. The number of benzene rings is 2. The average molecular weight is 409 g/mol. The molecule has 150 valence electrons. The zero-order valence-electron chi connectivity index (χ0n) is 16.7. The summed E-state index contributed by atoms with van der Waals surface area (Å²) in [6, 6.07) is 14.1. The van der Waals surface area contributed by atoms with Crippen molar-refractivity contribution in [2.24, 2.45) is 0 Å². The molecular formula is C22H25ClN6. The maximum absolute atomic E-state index is 6.46. The molecule has 1 fully saturated rings. The van der Waals surface area contributed by atoms with Crippen LogP contribution in [0.25, 0.3) is 0 Å². The fourth-order valence-electron chi connectivity index (χ4n) is 3.60. The Morgan fingerprint density at radius 2 is 1.69 bits per heavy atom. The highest BCUT2D eigenvalue weighted by Crippen LogP contribution is 2.31. The molecule has 29 heavy (non-hydrogen) atoms. The summed E-state index contributed by atoms with van der Waals surface area (Å²) in [5.74, 6) is 1.42. The van der Waals surface area contributed by atoms with E-state index in [1.54, 1.807) is 6.33 Å². The molecule has 0 bridgehead atoms. The first-order valence-corrected chi connectivity index (χ1v) is 10.1. The van der Waals surface area contributed by atoms with E-state index < -0.39 is 0 Å². The van der Waals surface area contributed by atoms with Crippen LogP contribution in [0.2, 0.25) is 5.02 Å². The molecule has 0 saturated carbocycles. The number of nitrogens with zero attached hydrogens (tertiary/aromatic N) is 4. The lowest BCUT2D eigenvalue weighted by Crippen LogP contribution is -2.47. The predicted molar refractivity (Wildman–Crippen MR) is 122 cm³/mol. The van der Waals surface area contributed by atoms with Crippen molar-refractivity contribution in [3.63, 3.8) is 0 Å². The molecule has 0 spiro atoms. The first-order chi connectivity index (χ1) is 14.0. The number of halogens is 1. The van der Waals surface area contributed by atoms with Gasteiger partial charge in [0.1, 0.15) is 12.0 Å². The molecule has 2 aromatic carbocycles. The van der Waals surface area contributed by atoms with Gasteiger partial charge in [0.25, 0.3) is 0 Å². The Morgan fingerprint density at radius 3 is 2.45 bits per heavy atom. The van der Waals surface area contributed by atoms with Gasteiger partial charge in [-0.05, 0) is 49.2 Å². The number of aromatic nitrogens is 2. The van der Waals surface area contributed by atoms with Crippen LogP contribution in [-0.2, 0) is 0 Å². The highest BCUT2D eigenvalue weighted by Gasteiger charge is 2.22. The van der Waals surface area contributed by atoms with Gasteiger partial charge in [-0.1, -0.05) is 29.8 Å². The number of hydrogen-bond acceptors (Lipinski definition) is 6. The monoisotopic (exact) mass is 408 g/mol. The number of aryl methyl sites for hydroxylation is 1. The molecule has 0 aliphatic carbocycles. The van der Waals surface area contributed by atoms with E-state index in [-0.39, 0.29) is 0 Å². The molecule has 1 aliphatic heterocycles. The van der Waals surface area contributed by atoms with Crippen LogP contribution >= 0.6 is 11.6 Å². The lowest BCUT2D eigenvalue weighted by Gasteiger charge is -2.37. The summed E-state index contributed by atoms with van der Waals surface area (Å²) in [7, 11) is 0. The Kier molecular flexibility index (Phi) is 5.45. The molecule has 1 aromatic heterocycles. The van der Waals surface area contributed by atoms with Crippen molar-refractivity contribution in [2.45, 2.75) is 13.8 Å². The molecule has 6 nitrogen and oxygen atoms in total. The van der Waals surface area contributed by atoms with Gasteiger partial charge >= 0.3 is 0 Å². The molecule has 0 atom stereocenters.